The Hall–Kier alpha value is -1.56. The Bertz CT molecular complexity index is 827. The molecule has 0 N–H and O–H groups in total. The molecule has 0 aromatic heterocycles. The Morgan fingerprint density at radius 1 is 0.333 bits per heavy atom. The maximum absolute atomic E-state index is 5.58. The van der Waals surface area contributed by atoms with Crippen molar-refractivity contribution < 1.29 is 0 Å². The van der Waals surface area contributed by atoms with Crippen molar-refractivity contribution in [3.8, 4) is 68.3 Å². The van der Waals surface area contributed by atoms with Crippen LogP contribution < -0.4 is 0 Å². The monoisotopic (exact) mass is 436 g/mol. The smallest absolute Gasteiger partial charge is 0.126 e. The van der Waals surface area contributed by atoms with Crippen molar-refractivity contribution in [1.29, 1.82) is 0 Å². The summed E-state index contributed by atoms with van der Waals surface area (Å²) in [6.45, 7) is 21.5. The van der Waals surface area contributed by atoms with Gasteiger partial charge in [-0.1, -0.05) is 0 Å². The SMILES string of the molecule is C#C[Si](C)(C)C#C[Si](C)(C)C#C[Si](C)(C)C#C[Si](C)(C)C#C[Si](C)(C)C#C. The largest absolute Gasteiger partial charge is 0.209 e. The van der Waals surface area contributed by atoms with Crippen molar-refractivity contribution in [2.24, 2.45) is 0 Å². The van der Waals surface area contributed by atoms with Crippen molar-refractivity contribution >= 4 is 40.4 Å². The molecule has 0 fully saturated rings. The zero-order valence-corrected chi connectivity index (χ0v) is 23.7. The lowest BCUT2D eigenvalue weighted by Crippen LogP contribution is -2.30. The van der Waals surface area contributed by atoms with Gasteiger partial charge in [-0.05, 0) is 65.5 Å². The molecular weight excluding hydrogens is 405 g/mol. The van der Waals surface area contributed by atoms with E-state index >= 15 is 0 Å². The van der Waals surface area contributed by atoms with Crippen LogP contribution in [0.5, 0.6) is 0 Å². The van der Waals surface area contributed by atoms with Crippen LogP contribution >= 0.6 is 0 Å². The molecule has 0 spiro atoms. The van der Waals surface area contributed by atoms with E-state index in [1.807, 2.05) is 0 Å². The molecule has 0 atom stereocenters. The molecule has 0 heterocycles. The molecule has 0 aliphatic carbocycles. The fourth-order valence-electron chi connectivity index (χ4n) is 1.42. The standard InChI is InChI=1S/C22H32Si5/c1-13-23(3,4)15-17-25(7,8)19-21-27(11,12)22-20-26(9,10)18-16-24(5,6)14-2/h1-2H,3-12H3. The summed E-state index contributed by atoms with van der Waals surface area (Å²) in [5.41, 5.74) is 33.2. The van der Waals surface area contributed by atoms with Gasteiger partial charge in [0.25, 0.3) is 0 Å². The summed E-state index contributed by atoms with van der Waals surface area (Å²) >= 11 is 0. The van der Waals surface area contributed by atoms with Crippen LogP contribution in [0.3, 0.4) is 0 Å². The minimum Gasteiger partial charge on any atom is -0.126 e. The predicted octanol–water partition coefficient (Wildman–Crippen LogP) is 4.20. The van der Waals surface area contributed by atoms with Crippen molar-refractivity contribution in [3.63, 3.8) is 0 Å². The van der Waals surface area contributed by atoms with Gasteiger partial charge in [-0.3, -0.25) is 0 Å². The van der Waals surface area contributed by atoms with Gasteiger partial charge < -0.3 is 0 Å². The van der Waals surface area contributed by atoms with Crippen LogP contribution in [0.25, 0.3) is 0 Å². The first-order valence-corrected chi connectivity index (χ1v) is 24.1. The molecule has 0 radical (unpaired) electrons. The van der Waals surface area contributed by atoms with E-state index in [0.29, 0.717) is 0 Å². The summed E-state index contributed by atoms with van der Waals surface area (Å²) in [7, 11) is -9.42. The highest BCUT2D eigenvalue weighted by Gasteiger charge is 2.23. The van der Waals surface area contributed by atoms with Crippen molar-refractivity contribution in [1.82, 2.24) is 0 Å². The zero-order valence-electron chi connectivity index (χ0n) is 18.7. The van der Waals surface area contributed by atoms with Gasteiger partial charge in [0.1, 0.15) is 0 Å². The second-order valence-electron chi connectivity index (χ2n) is 9.41. The average Bonchev–Trinajstić information content (AvgIpc) is 2.56. The topological polar surface area (TPSA) is 0 Å². The van der Waals surface area contributed by atoms with Crippen LogP contribution in [0.15, 0.2) is 0 Å². The first-order valence-electron chi connectivity index (χ1n) is 9.08. The van der Waals surface area contributed by atoms with Crippen molar-refractivity contribution in [3.05, 3.63) is 0 Å². The maximum atomic E-state index is 5.58. The highest BCUT2D eigenvalue weighted by Crippen LogP contribution is 2.06. The van der Waals surface area contributed by atoms with Gasteiger partial charge in [-0.25, -0.2) is 0 Å². The van der Waals surface area contributed by atoms with E-state index in [2.05, 4.69) is 121 Å². The third kappa shape index (κ3) is 11.7. The number of hydrogen-bond donors (Lipinski definition) is 0. The summed E-state index contributed by atoms with van der Waals surface area (Å²) in [4.78, 5) is 0. The minimum absolute atomic E-state index is 1.83. The van der Waals surface area contributed by atoms with E-state index < -0.39 is 40.4 Å². The molecule has 27 heavy (non-hydrogen) atoms. The van der Waals surface area contributed by atoms with Crippen LogP contribution in [-0.4, -0.2) is 40.4 Å². The molecule has 0 saturated carbocycles. The molecule has 0 nitrogen and oxygen atoms in total. The molecule has 140 valence electrons. The van der Waals surface area contributed by atoms with E-state index in [1.165, 1.54) is 0 Å². The predicted molar refractivity (Wildman–Crippen MR) is 136 cm³/mol. The summed E-state index contributed by atoms with van der Waals surface area (Å²) in [5.74, 6) is 0. The molecule has 5 heteroatoms. The Labute approximate surface area is 173 Å². The van der Waals surface area contributed by atoms with Crippen LogP contribution in [0, 0.1) is 68.3 Å². The lowest BCUT2D eigenvalue weighted by molar-refractivity contribution is 1.89. The van der Waals surface area contributed by atoms with Gasteiger partial charge in [0.15, 0.2) is 0 Å². The zero-order chi connectivity index (χ0) is 21.6. The van der Waals surface area contributed by atoms with Gasteiger partial charge >= 0.3 is 0 Å². The molecule has 0 aromatic rings. The maximum Gasteiger partial charge on any atom is 0.209 e. The number of terminal acetylenes is 2. The van der Waals surface area contributed by atoms with E-state index in [-0.39, 0.29) is 0 Å². The summed E-state index contributed by atoms with van der Waals surface area (Å²) in [6.07, 6.45) is 11.2. The molecular formula is C22H32Si5. The second kappa shape index (κ2) is 9.09. The molecule has 0 saturated heterocycles. The second-order valence-corrected chi connectivity index (χ2v) is 28.2. The average molecular weight is 437 g/mol. The fraction of sp³-hybridized carbons (Fsp3) is 0.455. The third-order valence-electron chi connectivity index (χ3n) is 3.47. The van der Waals surface area contributed by atoms with E-state index in [9.17, 15) is 0 Å². The summed E-state index contributed by atoms with van der Waals surface area (Å²) in [5, 5.41) is 0. The summed E-state index contributed by atoms with van der Waals surface area (Å²) < 4.78 is 0. The quantitative estimate of drug-likeness (QED) is 0.394. The molecule has 0 amide bonds. The van der Waals surface area contributed by atoms with Crippen molar-refractivity contribution in [2.75, 3.05) is 0 Å². The molecule has 0 aliphatic rings. The third-order valence-corrected chi connectivity index (χ3v) is 11.9. The van der Waals surface area contributed by atoms with Gasteiger partial charge in [-0.15, -0.1) is 68.3 Å². The minimum atomic E-state index is -1.94. The van der Waals surface area contributed by atoms with Gasteiger partial charge in [0.2, 0.25) is 40.4 Å². The highest BCUT2D eigenvalue weighted by molar-refractivity contribution is 7.01. The van der Waals surface area contributed by atoms with Crippen molar-refractivity contribution in [2.45, 2.75) is 65.5 Å². The lowest BCUT2D eigenvalue weighted by atomic mass is 11.3. The first-order chi connectivity index (χ1) is 11.9. The van der Waals surface area contributed by atoms with Gasteiger partial charge in [0, 0.05) is 0 Å². The van der Waals surface area contributed by atoms with Crippen LogP contribution in [0.1, 0.15) is 0 Å². The summed E-state index contributed by atoms with van der Waals surface area (Å²) in [6, 6.07) is 0. The molecule has 0 aromatic carbocycles. The fourth-order valence-corrected chi connectivity index (χ4v) is 11.7. The van der Waals surface area contributed by atoms with Crippen LogP contribution in [-0.2, 0) is 0 Å². The Morgan fingerprint density at radius 2 is 0.481 bits per heavy atom. The van der Waals surface area contributed by atoms with Crippen LogP contribution in [0.4, 0.5) is 0 Å². The van der Waals surface area contributed by atoms with Gasteiger partial charge in [-0.2, -0.15) is 0 Å². The normalized spacial score (nSPS) is 11.6. The van der Waals surface area contributed by atoms with E-state index in [4.69, 9.17) is 12.8 Å². The van der Waals surface area contributed by atoms with E-state index in [0.717, 1.165) is 0 Å². The van der Waals surface area contributed by atoms with Crippen LogP contribution in [0.2, 0.25) is 65.5 Å². The van der Waals surface area contributed by atoms with E-state index in [1.54, 1.807) is 0 Å². The molecule has 0 bridgehead atoms. The molecule has 0 unspecified atom stereocenters. The first kappa shape index (κ1) is 25.4. The molecule has 0 aliphatic heterocycles. The Balaban J connectivity index is 5.58. The molecule has 0 rings (SSSR count). The Morgan fingerprint density at radius 3 is 0.630 bits per heavy atom. The van der Waals surface area contributed by atoms with Gasteiger partial charge in [0.05, 0.1) is 0 Å². The highest BCUT2D eigenvalue weighted by atomic mass is 28.3. The lowest BCUT2D eigenvalue weighted by Gasteiger charge is -2.12. The number of hydrogen-bond acceptors (Lipinski definition) is 0. The Kier molecular flexibility index (Phi) is 8.57. The number of rotatable bonds is 0.